The van der Waals surface area contributed by atoms with E-state index in [2.05, 4.69) is 36.2 Å². The molecule has 3 rings (SSSR count). The van der Waals surface area contributed by atoms with Gasteiger partial charge < -0.3 is 4.90 Å². The molecule has 1 aliphatic heterocycles. The first-order valence-corrected chi connectivity index (χ1v) is 7.08. The second-order valence-electron chi connectivity index (χ2n) is 5.55. The first-order chi connectivity index (χ1) is 9.75. The minimum absolute atomic E-state index is 0.0137. The molecule has 1 heterocycles. The number of rotatable bonds is 2. The molecule has 2 nitrogen and oxygen atoms in total. The van der Waals surface area contributed by atoms with Gasteiger partial charge in [-0.25, -0.2) is 0 Å². The number of ketones is 1. The predicted molar refractivity (Wildman–Crippen MR) is 80.9 cm³/mol. The van der Waals surface area contributed by atoms with Crippen LogP contribution in [-0.2, 0) is 4.79 Å². The lowest BCUT2D eigenvalue weighted by atomic mass is 9.80. The van der Waals surface area contributed by atoms with Crippen LogP contribution in [0.4, 0.5) is 0 Å². The molecule has 0 saturated carbocycles. The number of likely N-dealkylation sites (N-methyl/N-ethyl adjacent to an activating group) is 1. The first kappa shape index (κ1) is 13.1. The van der Waals surface area contributed by atoms with Crippen LogP contribution in [0.3, 0.4) is 0 Å². The van der Waals surface area contributed by atoms with Gasteiger partial charge in [0.15, 0.2) is 0 Å². The van der Waals surface area contributed by atoms with E-state index in [1.165, 1.54) is 0 Å². The fourth-order valence-electron chi connectivity index (χ4n) is 3.03. The van der Waals surface area contributed by atoms with Crippen molar-refractivity contribution in [3.05, 3.63) is 71.8 Å². The summed E-state index contributed by atoms with van der Waals surface area (Å²) >= 11 is 0. The van der Waals surface area contributed by atoms with E-state index in [4.69, 9.17) is 0 Å². The van der Waals surface area contributed by atoms with Gasteiger partial charge in [0, 0.05) is 13.1 Å². The van der Waals surface area contributed by atoms with Crippen LogP contribution in [0, 0.1) is 0 Å². The standard InChI is InChI=1S/C18H19NO/c1-19-12-16(14-8-4-2-5-9-14)18(20)17(13-19)15-10-6-3-7-11-15/h2-11,16-17H,12-13H2,1H3. The van der Waals surface area contributed by atoms with Crippen LogP contribution in [-0.4, -0.2) is 30.8 Å². The molecule has 2 aromatic rings. The Kier molecular flexibility index (Phi) is 3.66. The Morgan fingerprint density at radius 3 is 1.60 bits per heavy atom. The monoisotopic (exact) mass is 265 g/mol. The molecule has 2 heteroatoms. The van der Waals surface area contributed by atoms with Gasteiger partial charge in [-0.1, -0.05) is 60.7 Å². The van der Waals surface area contributed by atoms with Crippen molar-refractivity contribution >= 4 is 5.78 Å². The fraction of sp³-hybridized carbons (Fsp3) is 0.278. The zero-order valence-corrected chi connectivity index (χ0v) is 11.7. The van der Waals surface area contributed by atoms with Crippen molar-refractivity contribution in [3.8, 4) is 0 Å². The summed E-state index contributed by atoms with van der Waals surface area (Å²) in [5.74, 6) is 0.320. The lowest BCUT2D eigenvalue weighted by Gasteiger charge is -2.35. The lowest BCUT2D eigenvalue weighted by molar-refractivity contribution is -0.124. The summed E-state index contributed by atoms with van der Waals surface area (Å²) in [4.78, 5) is 15.1. The van der Waals surface area contributed by atoms with Gasteiger partial charge in [0.05, 0.1) is 11.8 Å². The smallest absolute Gasteiger partial charge is 0.150 e. The van der Waals surface area contributed by atoms with Crippen molar-refractivity contribution in [2.24, 2.45) is 0 Å². The molecule has 0 aromatic heterocycles. The number of benzene rings is 2. The van der Waals surface area contributed by atoms with Gasteiger partial charge in [0.25, 0.3) is 0 Å². The van der Waals surface area contributed by atoms with E-state index in [-0.39, 0.29) is 11.8 Å². The van der Waals surface area contributed by atoms with Gasteiger partial charge in [-0.05, 0) is 18.2 Å². The summed E-state index contributed by atoms with van der Waals surface area (Å²) in [5, 5.41) is 0. The van der Waals surface area contributed by atoms with Crippen LogP contribution in [0.2, 0.25) is 0 Å². The van der Waals surface area contributed by atoms with E-state index in [0.717, 1.165) is 24.2 Å². The topological polar surface area (TPSA) is 20.3 Å². The highest BCUT2D eigenvalue weighted by Gasteiger charge is 2.35. The highest BCUT2D eigenvalue weighted by atomic mass is 16.1. The van der Waals surface area contributed by atoms with E-state index in [1.54, 1.807) is 0 Å². The molecule has 2 aromatic carbocycles. The summed E-state index contributed by atoms with van der Waals surface area (Å²) < 4.78 is 0. The van der Waals surface area contributed by atoms with Crippen molar-refractivity contribution in [1.82, 2.24) is 4.90 Å². The van der Waals surface area contributed by atoms with Crippen LogP contribution >= 0.6 is 0 Å². The van der Waals surface area contributed by atoms with Gasteiger partial charge in [-0.15, -0.1) is 0 Å². The van der Waals surface area contributed by atoms with Gasteiger partial charge >= 0.3 is 0 Å². The fourth-order valence-corrected chi connectivity index (χ4v) is 3.03. The second-order valence-corrected chi connectivity index (χ2v) is 5.55. The van der Waals surface area contributed by atoms with E-state index in [0.29, 0.717) is 5.78 Å². The summed E-state index contributed by atoms with van der Waals surface area (Å²) in [6, 6.07) is 20.3. The SMILES string of the molecule is CN1CC(c2ccccc2)C(=O)C(c2ccccc2)C1. The Bertz CT molecular complexity index is 527. The molecule has 0 amide bonds. The summed E-state index contributed by atoms with van der Waals surface area (Å²) in [7, 11) is 2.10. The minimum Gasteiger partial charge on any atom is -0.304 e. The lowest BCUT2D eigenvalue weighted by Crippen LogP contribution is -2.42. The summed E-state index contributed by atoms with van der Waals surface area (Å²) in [6.45, 7) is 1.62. The largest absolute Gasteiger partial charge is 0.304 e. The summed E-state index contributed by atoms with van der Waals surface area (Å²) in [6.07, 6.45) is 0. The van der Waals surface area contributed by atoms with Crippen LogP contribution in [0.15, 0.2) is 60.7 Å². The van der Waals surface area contributed by atoms with E-state index in [1.807, 2.05) is 36.4 Å². The highest BCUT2D eigenvalue weighted by Crippen LogP contribution is 2.31. The number of hydrogen-bond acceptors (Lipinski definition) is 2. The Hall–Kier alpha value is -1.93. The number of nitrogens with zero attached hydrogens (tertiary/aromatic N) is 1. The third-order valence-corrected chi connectivity index (χ3v) is 4.08. The average Bonchev–Trinajstić information content (AvgIpc) is 2.51. The molecule has 2 unspecified atom stereocenters. The first-order valence-electron chi connectivity index (χ1n) is 7.08. The maximum atomic E-state index is 12.8. The third kappa shape index (κ3) is 2.52. The minimum atomic E-state index is -0.0137. The maximum Gasteiger partial charge on any atom is 0.150 e. The normalized spacial score (nSPS) is 23.8. The number of carbonyl (C=O) groups is 1. The van der Waals surface area contributed by atoms with Crippen molar-refractivity contribution in [3.63, 3.8) is 0 Å². The molecule has 0 radical (unpaired) electrons. The Labute approximate surface area is 120 Å². The Balaban J connectivity index is 1.92. The third-order valence-electron chi connectivity index (χ3n) is 4.08. The van der Waals surface area contributed by atoms with E-state index >= 15 is 0 Å². The number of piperidine rings is 1. The van der Waals surface area contributed by atoms with E-state index in [9.17, 15) is 4.79 Å². The quantitative estimate of drug-likeness (QED) is 0.831. The number of likely N-dealkylation sites (tertiary alicyclic amines) is 1. The average molecular weight is 265 g/mol. The van der Waals surface area contributed by atoms with Crippen molar-refractivity contribution in [2.75, 3.05) is 20.1 Å². The second kappa shape index (κ2) is 5.59. The molecule has 102 valence electrons. The van der Waals surface area contributed by atoms with Crippen molar-refractivity contribution < 1.29 is 4.79 Å². The molecule has 1 saturated heterocycles. The number of hydrogen-bond donors (Lipinski definition) is 0. The maximum absolute atomic E-state index is 12.8. The Morgan fingerprint density at radius 2 is 1.20 bits per heavy atom. The van der Waals surface area contributed by atoms with Gasteiger partial charge in [0.1, 0.15) is 5.78 Å². The molecular formula is C18H19NO. The van der Waals surface area contributed by atoms with Crippen LogP contribution in [0.1, 0.15) is 23.0 Å². The molecule has 1 fully saturated rings. The van der Waals surface area contributed by atoms with Gasteiger partial charge in [0.2, 0.25) is 0 Å². The van der Waals surface area contributed by atoms with Crippen LogP contribution in [0.25, 0.3) is 0 Å². The van der Waals surface area contributed by atoms with Crippen molar-refractivity contribution in [1.29, 1.82) is 0 Å². The Morgan fingerprint density at radius 1 is 0.800 bits per heavy atom. The van der Waals surface area contributed by atoms with Gasteiger partial charge in [-0.2, -0.15) is 0 Å². The zero-order chi connectivity index (χ0) is 13.9. The molecule has 1 aliphatic rings. The van der Waals surface area contributed by atoms with E-state index < -0.39 is 0 Å². The molecule has 0 aliphatic carbocycles. The number of carbonyl (C=O) groups excluding carboxylic acids is 1. The molecule has 20 heavy (non-hydrogen) atoms. The highest BCUT2D eigenvalue weighted by molar-refractivity contribution is 5.93. The zero-order valence-electron chi connectivity index (χ0n) is 11.7. The molecule has 0 bridgehead atoms. The number of Topliss-reactive ketones (excluding diaryl/α,β-unsaturated/α-hetero) is 1. The predicted octanol–water partition coefficient (Wildman–Crippen LogP) is 3.07. The molecular weight excluding hydrogens is 246 g/mol. The van der Waals surface area contributed by atoms with Crippen LogP contribution < -0.4 is 0 Å². The molecule has 0 spiro atoms. The molecule has 0 N–H and O–H groups in total. The molecule has 2 atom stereocenters. The van der Waals surface area contributed by atoms with Gasteiger partial charge in [-0.3, -0.25) is 4.79 Å². The van der Waals surface area contributed by atoms with Crippen molar-refractivity contribution in [2.45, 2.75) is 11.8 Å². The summed E-state index contributed by atoms with van der Waals surface area (Å²) in [5.41, 5.74) is 2.26. The van der Waals surface area contributed by atoms with Crippen LogP contribution in [0.5, 0.6) is 0 Å².